The minimum Gasteiger partial charge on any atom is -0.324 e. The van der Waals surface area contributed by atoms with Gasteiger partial charge >= 0.3 is 0 Å². The number of thiophene rings is 1. The zero-order valence-electron chi connectivity index (χ0n) is 6.95. The van der Waals surface area contributed by atoms with Crippen LogP contribution in [0.3, 0.4) is 0 Å². The summed E-state index contributed by atoms with van der Waals surface area (Å²) in [4.78, 5) is 12.5. The van der Waals surface area contributed by atoms with Gasteiger partial charge in [0.1, 0.15) is 0 Å². The lowest BCUT2D eigenvalue weighted by atomic mass is 10.2. The molecule has 1 unspecified atom stereocenters. The van der Waals surface area contributed by atoms with Crippen molar-refractivity contribution < 1.29 is 4.79 Å². The average molecular weight is 219 g/mol. The van der Waals surface area contributed by atoms with Gasteiger partial charge in [0.2, 0.25) is 5.91 Å². The predicted octanol–water partition coefficient (Wildman–Crippen LogP) is 1.38. The first-order valence-corrected chi connectivity index (χ1v) is 4.78. The third-order valence-electron chi connectivity index (χ3n) is 2.02. The van der Waals surface area contributed by atoms with Gasteiger partial charge in [0.25, 0.3) is 0 Å². The van der Waals surface area contributed by atoms with Gasteiger partial charge in [-0.05, 0) is 24.3 Å². The Morgan fingerprint density at radius 1 is 1.62 bits per heavy atom. The van der Waals surface area contributed by atoms with E-state index in [1.54, 1.807) is 11.3 Å². The quantitative estimate of drug-likeness (QED) is 0.692. The fraction of sp³-hybridized carbons (Fsp3) is 0.375. The number of amides is 1. The van der Waals surface area contributed by atoms with E-state index in [0.717, 1.165) is 18.5 Å². The topological polar surface area (TPSA) is 55.1 Å². The molecule has 13 heavy (non-hydrogen) atoms. The second kappa shape index (κ2) is 4.09. The van der Waals surface area contributed by atoms with Crippen LogP contribution < -0.4 is 11.1 Å². The number of rotatable bonds is 0. The number of nitrogens with one attached hydrogen (secondary N) is 1. The highest BCUT2D eigenvalue weighted by Gasteiger charge is 2.20. The summed E-state index contributed by atoms with van der Waals surface area (Å²) in [7, 11) is 0. The number of hydrogen-bond donors (Lipinski definition) is 2. The molecule has 1 aliphatic heterocycles. The van der Waals surface area contributed by atoms with Gasteiger partial charge in [0.05, 0.1) is 11.7 Å². The first kappa shape index (κ1) is 10.5. The van der Waals surface area contributed by atoms with Crippen molar-refractivity contribution in [1.29, 1.82) is 0 Å². The van der Waals surface area contributed by atoms with Crippen LogP contribution in [0.1, 0.15) is 11.3 Å². The number of nitrogens with two attached hydrogens (primary N) is 1. The van der Waals surface area contributed by atoms with E-state index in [-0.39, 0.29) is 24.4 Å². The number of aryl methyl sites for hydroxylation is 1. The van der Waals surface area contributed by atoms with E-state index in [4.69, 9.17) is 5.73 Å². The molecule has 0 spiro atoms. The van der Waals surface area contributed by atoms with Crippen LogP contribution in [0, 0.1) is 0 Å². The summed E-state index contributed by atoms with van der Waals surface area (Å²) in [6.45, 7) is 0. The van der Waals surface area contributed by atoms with Crippen LogP contribution in [0.4, 0.5) is 5.69 Å². The molecule has 0 saturated heterocycles. The molecule has 3 nitrogen and oxygen atoms in total. The molecule has 0 saturated carbocycles. The SMILES string of the molecule is Cl.NC1CCc2sccc2NC1=O. The Bertz CT molecular complexity index is 313. The Morgan fingerprint density at radius 2 is 2.38 bits per heavy atom. The van der Waals surface area contributed by atoms with Crippen LogP contribution in [-0.2, 0) is 11.2 Å². The third kappa shape index (κ3) is 2.02. The number of fused-ring (bicyclic) bond motifs is 1. The second-order valence-corrected chi connectivity index (χ2v) is 3.89. The Kier molecular flexibility index (Phi) is 3.30. The normalized spacial score (nSPS) is 21.0. The van der Waals surface area contributed by atoms with E-state index in [1.165, 1.54) is 4.88 Å². The fourth-order valence-corrected chi connectivity index (χ4v) is 2.14. The second-order valence-electron chi connectivity index (χ2n) is 2.89. The van der Waals surface area contributed by atoms with Crippen molar-refractivity contribution in [2.45, 2.75) is 18.9 Å². The monoisotopic (exact) mass is 218 g/mol. The lowest BCUT2D eigenvalue weighted by Gasteiger charge is -2.04. The van der Waals surface area contributed by atoms with Crippen molar-refractivity contribution in [3.05, 3.63) is 16.3 Å². The first-order valence-electron chi connectivity index (χ1n) is 3.90. The predicted molar refractivity (Wildman–Crippen MR) is 56.5 cm³/mol. The number of halogens is 1. The lowest BCUT2D eigenvalue weighted by Crippen LogP contribution is -2.34. The van der Waals surface area contributed by atoms with E-state index in [0.29, 0.717) is 0 Å². The Morgan fingerprint density at radius 3 is 3.15 bits per heavy atom. The van der Waals surface area contributed by atoms with Gasteiger partial charge in [0.15, 0.2) is 0 Å². The summed E-state index contributed by atoms with van der Waals surface area (Å²) >= 11 is 1.67. The minimum absolute atomic E-state index is 0. The molecule has 0 fully saturated rings. The van der Waals surface area contributed by atoms with Crippen molar-refractivity contribution in [2.24, 2.45) is 5.73 Å². The Balaban J connectivity index is 0.000000845. The molecule has 0 bridgehead atoms. The number of hydrogen-bond acceptors (Lipinski definition) is 3. The van der Waals surface area contributed by atoms with Gasteiger partial charge < -0.3 is 11.1 Å². The molecular formula is C8H11ClN2OS. The summed E-state index contributed by atoms with van der Waals surface area (Å²) in [5, 5.41) is 4.79. The Labute approximate surface area is 86.7 Å². The summed E-state index contributed by atoms with van der Waals surface area (Å²) in [5.74, 6) is -0.0628. The molecule has 2 heterocycles. The van der Waals surface area contributed by atoms with Gasteiger partial charge in [-0.2, -0.15) is 0 Å². The molecule has 5 heteroatoms. The maximum Gasteiger partial charge on any atom is 0.241 e. The van der Waals surface area contributed by atoms with E-state index >= 15 is 0 Å². The zero-order chi connectivity index (χ0) is 8.55. The van der Waals surface area contributed by atoms with Gasteiger partial charge in [-0.1, -0.05) is 0 Å². The molecular weight excluding hydrogens is 208 g/mol. The van der Waals surface area contributed by atoms with Crippen LogP contribution in [-0.4, -0.2) is 11.9 Å². The summed E-state index contributed by atoms with van der Waals surface area (Å²) in [6.07, 6.45) is 1.66. The fourth-order valence-electron chi connectivity index (χ4n) is 1.29. The zero-order valence-corrected chi connectivity index (χ0v) is 8.58. The minimum atomic E-state index is -0.343. The third-order valence-corrected chi connectivity index (χ3v) is 3.00. The van der Waals surface area contributed by atoms with Crippen LogP contribution in [0.25, 0.3) is 0 Å². The highest BCUT2D eigenvalue weighted by Crippen LogP contribution is 2.26. The van der Waals surface area contributed by atoms with Crippen LogP contribution in [0.2, 0.25) is 0 Å². The van der Waals surface area contributed by atoms with Crippen molar-refractivity contribution in [3.63, 3.8) is 0 Å². The molecule has 72 valence electrons. The molecule has 1 amide bonds. The summed E-state index contributed by atoms with van der Waals surface area (Å²) in [6, 6.07) is 1.58. The smallest absolute Gasteiger partial charge is 0.241 e. The molecule has 1 aromatic rings. The standard InChI is InChI=1S/C8H10N2OS.ClH/c9-5-1-2-7-6(3-4-12-7)10-8(5)11;/h3-5H,1-2,9H2,(H,10,11);1H. The molecule has 0 aromatic carbocycles. The van der Waals surface area contributed by atoms with Crippen molar-refractivity contribution in [3.8, 4) is 0 Å². The highest BCUT2D eigenvalue weighted by molar-refractivity contribution is 7.10. The van der Waals surface area contributed by atoms with Crippen molar-refractivity contribution >= 4 is 35.3 Å². The van der Waals surface area contributed by atoms with Crippen molar-refractivity contribution in [1.82, 2.24) is 0 Å². The first-order chi connectivity index (χ1) is 5.77. The van der Waals surface area contributed by atoms with E-state index in [1.807, 2.05) is 11.4 Å². The molecule has 1 aromatic heterocycles. The van der Waals surface area contributed by atoms with E-state index < -0.39 is 0 Å². The maximum atomic E-state index is 11.2. The van der Waals surface area contributed by atoms with Gasteiger partial charge in [-0.3, -0.25) is 4.79 Å². The van der Waals surface area contributed by atoms with Crippen LogP contribution >= 0.6 is 23.7 Å². The van der Waals surface area contributed by atoms with Crippen molar-refractivity contribution in [2.75, 3.05) is 5.32 Å². The lowest BCUT2D eigenvalue weighted by molar-refractivity contribution is -0.117. The Hall–Kier alpha value is -0.580. The number of anilines is 1. The van der Waals surface area contributed by atoms with Crippen LogP contribution in [0.15, 0.2) is 11.4 Å². The molecule has 0 aliphatic carbocycles. The molecule has 1 aliphatic rings. The summed E-state index contributed by atoms with van der Waals surface area (Å²) < 4.78 is 0. The molecule has 1 atom stereocenters. The molecule has 0 radical (unpaired) electrons. The largest absolute Gasteiger partial charge is 0.324 e. The van der Waals surface area contributed by atoms with Gasteiger partial charge in [0, 0.05) is 4.88 Å². The van der Waals surface area contributed by atoms with Gasteiger partial charge in [-0.25, -0.2) is 0 Å². The van der Waals surface area contributed by atoms with Gasteiger partial charge in [-0.15, -0.1) is 23.7 Å². The number of carbonyl (C=O) groups excluding carboxylic acids is 1. The average Bonchev–Trinajstić information content (AvgIpc) is 2.43. The highest BCUT2D eigenvalue weighted by atomic mass is 35.5. The van der Waals surface area contributed by atoms with E-state index in [9.17, 15) is 4.79 Å². The van der Waals surface area contributed by atoms with E-state index in [2.05, 4.69) is 5.32 Å². The number of carbonyl (C=O) groups is 1. The maximum absolute atomic E-state index is 11.2. The molecule has 2 rings (SSSR count). The molecule has 3 N–H and O–H groups in total. The van der Waals surface area contributed by atoms with Crippen LogP contribution in [0.5, 0.6) is 0 Å². The summed E-state index contributed by atoms with van der Waals surface area (Å²) in [5.41, 5.74) is 6.55.